The highest BCUT2D eigenvalue weighted by atomic mass is 32.2. The highest BCUT2D eigenvalue weighted by Gasteiger charge is 2.13. The van der Waals surface area contributed by atoms with Crippen molar-refractivity contribution in [3.8, 4) is 0 Å². The standard InChI is InChI=1S/C15H14F2OS/c1-2-13(18)11-5-3-4-6-14(11)19-15-9-10(16)7-8-12(15)17/h3-9,13,18H,2H2,1H3. The van der Waals surface area contributed by atoms with Gasteiger partial charge in [-0.1, -0.05) is 36.9 Å². The molecule has 0 aromatic heterocycles. The fourth-order valence-corrected chi connectivity index (χ4v) is 2.79. The van der Waals surface area contributed by atoms with Crippen molar-refractivity contribution in [2.45, 2.75) is 29.2 Å². The van der Waals surface area contributed by atoms with Gasteiger partial charge in [-0.3, -0.25) is 0 Å². The number of aliphatic hydroxyl groups is 1. The van der Waals surface area contributed by atoms with Gasteiger partial charge in [-0.2, -0.15) is 0 Å². The van der Waals surface area contributed by atoms with Crippen LogP contribution in [0.25, 0.3) is 0 Å². The van der Waals surface area contributed by atoms with Crippen LogP contribution in [0.1, 0.15) is 25.0 Å². The number of aliphatic hydroxyl groups excluding tert-OH is 1. The van der Waals surface area contributed by atoms with Crippen molar-refractivity contribution in [2.75, 3.05) is 0 Å². The molecule has 0 spiro atoms. The van der Waals surface area contributed by atoms with Crippen LogP contribution in [0.5, 0.6) is 0 Å². The van der Waals surface area contributed by atoms with Crippen LogP contribution in [0.4, 0.5) is 8.78 Å². The zero-order valence-corrected chi connectivity index (χ0v) is 11.3. The van der Waals surface area contributed by atoms with Crippen molar-refractivity contribution < 1.29 is 13.9 Å². The molecular formula is C15H14F2OS. The third-order valence-electron chi connectivity index (χ3n) is 2.78. The second-order valence-corrected chi connectivity index (χ2v) is 5.22. The summed E-state index contributed by atoms with van der Waals surface area (Å²) in [5.41, 5.74) is 0.735. The van der Waals surface area contributed by atoms with Gasteiger partial charge in [0, 0.05) is 4.90 Å². The lowest BCUT2D eigenvalue weighted by molar-refractivity contribution is 0.171. The Morgan fingerprint density at radius 3 is 2.58 bits per heavy atom. The SMILES string of the molecule is CCC(O)c1ccccc1Sc1cc(F)ccc1F. The minimum absolute atomic E-state index is 0.218. The molecule has 0 fully saturated rings. The zero-order chi connectivity index (χ0) is 13.8. The molecule has 0 amide bonds. The molecule has 0 heterocycles. The molecule has 1 nitrogen and oxygen atoms in total. The molecule has 1 unspecified atom stereocenters. The van der Waals surface area contributed by atoms with E-state index in [1.165, 1.54) is 0 Å². The molecule has 0 saturated heterocycles. The highest BCUT2D eigenvalue weighted by molar-refractivity contribution is 7.99. The summed E-state index contributed by atoms with van der Waals surface area (Å²) in [6.45, 7) is 1.87. The van der Waals surface area contributed by atoms with Crippen LogP contribution in [-0.4, -0.2) is 5.11 Å². The van der Waals surface area contributed by atoms with Gasteiger partial charge in [-0.15, -0.1) is 0 Å². The molecule has 4 heteroatoms. The van der Waals surface area contributed by atoms with Crippen molar-refractivity contribution in [1.82, 2.24) is 0 Å². The van der Waals surface area contributed by atoms with Gasteiger partial charge in [0.25, 0.3) is 0 Å². The number of rotatable bonds is 4. The van der Waals surface area contributed by atoms with Crippen molar-refractivity contribution in [3.63, 3.8) is 0 Å². The van der Waals surface area contributed by atoms with E-state index in [1.54, 1.807) is 12.1 Å². The third-order valence-corrected chi connectivity index (χ3v) is 3.90. The van der Waals surface area contributed by atoms with Crippen LogP contribution in [0.2, 0.25) is 0 Å². The third kappa shape index (κ3) is 3.33. The van der Waals surface area contributed by atoms with E-state index in [0.717, 1.165) is 40.4 Å². The van der Waals surface area contributed by atoms with Gasteiger partial charge in [0.15, 0.2) is 0 Å². The molecule has 2 aromatic rings. The Morgan fingerprint density at radius 1 is 1.11 bits per heavy atom. The molecule has 0 aliphatic heterocycles. The Labute approximate surface area is 115 Å². The number of benzene rings is 2. The van der Waals surface area contributed by atoms with Gasteiger partial charge in [-0.25, -0.2) is 8.78 Å². The molecule has 0 saturated carbocycles. The first-order valence-electron chi connectivity index (χ1n) is 6.01. The molecule has 0 aliphatic rings. The highest BCUT2D eigenvalue weighted by Crippen LogP contribution is 2.35. The summed E-state index contributed by atoms with van der Waals surface area (Å²) in [4.78, 5) is 0.956. The monoisotopic (exact) mass is 280 g/mol. The molecule has 2 aromatic carbocycles. The quantitative estimate of drug-likeness (QED) is 0.886. The lowest BCUT2D eigenvalue weighted by atomic mass is 10.1. The van der Waals surface area contributed by atoms with E-state index in [2.05, 4.69) is 0 Å². The second kappa shape index (κ2) is 6.17. The summed E-state index contributed by atoms with van der Waals surface area (Å²) < 4.78 is 26.8. The Hall–Kier alpha value is -1.39. The number of hydrogen-bond acceptors (Lipinski definition) is 2. The lowest BCUT2D eigenvalue weighted by Crippen LogP contribution is -1.97. The summed E-state index contributed by atoms with van der Waals surface area (Å²) in [5, 5.41) is 9.93. The Morgan fingerprint density at radius 2 is 1.84 bits per heavy atom. The zero-order valence-electron chi connectivity index (χ0n) is 10.4. The number of halogens is 2. The van der Waals surface area contributed by atoms with Crippen molar-refractivity contribution in [1.29, 1.82) is 0 Å². The average Bonchev–Trinajstić information content (AvgIpc) is 2.42. The van der Waals surface area contributed by atoms with Crippen LogP contribution < -0.4 is 0 Å². The Kier molecular flexibility index (Phi) is 4.56. The van der Waals surface area contributed by atoms with Gasteiger partial charge in [0.05, 0.1) is 11.0 Å². The predicted molar refractivity (Wildman–Crippen MR) is 72.2 cm³/mol. The van der Waals surface area contributed by atoms with Gasteiger partial charge in [0.2, 0.25) is 0 Å². The van der Waals surface area contributed by atoms with Crippen LogP contribution in [0, 0.1) is 11.6 Å². The van der Waals surface area contributed by atoms with Crippen molar-refractivity contribution in [2.24, 2.45) is 0 Å². The molecule has 100 valence electrons. The largest absolute Gasteiger partial charge is 0.388 e. The van der Waals surface area contributed by atoms with Gasteiger partial charge in [0.1, 0.15) is 11.6 Å². The molecule has 0 bridgehead atoms. The van der Waals surface area contributed by atoms with Crippen molar-refractivity contribution >= 4 is 11.8 Å². The summed E-state index contributed by atoms with van der Waals surface area (Å²) in [6, 6.07) is 10.6. The summed E-state index contributed by atoms with van der Waals surface area (Å²) in [7, 11) is 0. The van der Waals surface area contributed by atoms with E-state index >= 15 is 0 Å². The van der Waals surface area contributed by atoms with E-state index in [1.807, 2.05) is 19.1 Å². The summed E-state index contributed by atoms with van der Waals surface area (Å²) >= 11 is 1.12. The topological polar surface area (TPSA) is 20.2 Å². The molecular weight excluding hydrogens is 266 g/mol. The van der Waals surface area contributed by atoms with Crippen LogP contribution in [0.3, 0.4) is 0 Å². The first-order chi connectivity index (χ1) is 9.11. The fraction of sp³-hybridized carbons (Fsp3) is 0.200. The first kappa shape index (κ1) is 14.0. The smallest absolute Gasteiger partial charge is 0.137 e. The normalized spacial score (nSPS) is 12.4. The maximum Gasteiger partial charge on any atom is 0.137 e. The van der Waals surface area contributed by atoms with Crippen molar-refractivity contribution in [3.05, 3.63) is 59.7 Å². The van der Waals surface area contributed by atoms with E-state index in [9.17, 15) is 13.9 Å². The number of hydrogen-bond donors (Lipinski definition) is 1. The molecule has 1 N–H and O–H groups in total. The molecule has 1 atom stereocenters. The van der Waals surface area contributed by atoms with E-state index in [-0.39, 0.29) is 4.90 Å². The minimum atomic E-state index is -0.597. The average molecular weight is 280 g/mol. The van der Waals surface area contributed by atoms with Crippen LogP contribution >= 0.6 is 11.8 Å². The molecule has 0 radical (unpaired) electrons. The van der Waals surface area contributed by atoms with Crippen LogP contribution in [0.15, 0.2) is 52.3 Å². The van der Waals surface area contributed by atoms with Crippen LogP contribution in [-0.2, 0) is 0 Å². The van der Waals surface area contributed by atoms with E-state index in [0.29, 0.717) is 6.42 Å². The van der Waals surface area contributed by atoms with E-state index < -0.39 is 17.7 Å². The molecule has 2 rings (SSSR count). The summed E-state index contributed by atoms with van der Waals surface area (Å²) in [5.74, 6) is -0.940. The minimum Gasteiger partial charge on any atom is -0.388 e. The molecule has 19 heavy (non-hydrogen) atoms. The lowest BCUT2D eigenvalue weighted by Gasteiger charge is -2.13. The maximum atomic E-state index is 13.6. The summed E-state index contributed by atoms with van der Waals surface area (Å²) in [6.07, 6.45) is -0.0243. The molecule has 0 aliphatic carbocycles. The fourth-order valence-electron chi connectivity index (χ4n) is 1.74. The Balaban J connectivity index is 2.35. The van der Waals surface area contributed by atoms with Gasteiger partial charge >= 0.3 is 0 Å². The van der Waals surface area contributed by atoms with E-state index in [4.69, 9.17) is 0 Å². The van der Waals surface area contributed by atoms with Gasteiger partial charge in [-0.05, 0) is 36.2 Å². The van der Waals surface area contributed by atoms with Gasteiger partial charge < -0.3 is 5.11 Å². The Bertz CT molecular complexity index is 572. The first-order valence-corrected chi connectivity index (χ1v) is 6.83. The second-order valence-electron chi connectivity index (χ2n) is 4.14. The predicted octanol–water partition coefficient (Wildman–Crippen LogP) is 4.56. The maximum absolute atomic E-state index is 13.6.